The van der Waals surface area contributed by atoms with Crippen LogP contribution in [-0.2, 0) is 0 Å². The van der Waals surface area contributed by atoms with Gasteiger partial charge in [-0.1, -0.05) is 18.2 Å². The van der Waals surface area contributed by atoms with Gasteiger partial charge in [-0.25, -0.2) is 0 Å². The van der Waals surface area contributed by atoms with Gasteiger partial charge >= 0.3 is 0 Å². The van der Waals surface area contributed by atoms with Crippen molar-refractivity contribution < 1.29 is 0 Å². The molecule has 0 unspecified atom stereocenters. The first-order valence-corrected chi connectivity index (χ1v) is 4.11. The lowest BCUT2D eigenvalue weighted by atomic mass is 10.0. The third-order valence-electron chi connectivity index (χ3n) is 1.99. The molecule has 0 aromatic rings. The molecule has 1 heterocycles. The molecule has 0 aromatic heterocycles. The van der Waals surface area contributed by atoms with E-state index in [-0.39, 0.29) is 0 Å². The molecule has 1 aliphatic heterocycles. The summed E-state index contributed by atoms with van der Waals surface area (Å²) in [4.78, 5) is 4.36. The monoisotopic (exact) mass is 148 g/mol. The Bertz CT molecular complexity index is 236. The minimum Gasteiger partial charge on any atom is -0.368 e. The average molecular weight is 148 g/mol. The molecule has 2 heteroatoms. The number of allylic oxidation sites excluding steroid dienone is 3. The Morgan fingerprint density at radius 1 is 1.45 bits per heavy atom. The van der Waals surface area contributed by atoms with Crippen LogP contribution in [0.2, 0.25) is 0 Å². The molecule has 0 spiro atoms. The van der Waals surface area contributed by atoms with E-state index >= 15 is 0 Å². The maximum absolute atomic E-state index is 4.36. The molecule has 0 amide bonds. The van der Waals surface area contributed by atoms with Crippen molar-refractivity contribution in [3.05, 3.63) is 23.8 Å². The van der Waals surface area contributed by atoms with E-state index in [1.807, 2.05) is 0 Å². The largest absolute Gasteiger partial charge is 0.368 e. The van der Waals surface area contributed by atoms with Crippen LogP contribution in [0.15, 0.2) is 28.8 Å². The van der Waals surface area contributed by atoms with Crippen LogP contribution in [0.25, 0.3) is 0 Å². The quantitative estimate of drug-likeness (QED) is 0.595. The van der Waals surface area contributed by atoms with Crippen molar-refractivity contribution in [3.63, 3.8) is 0 Å². The molecule has 0 saturated heterocycles. The molecule has 0 bridgehead atoms. The number of hydrogen-bond donors (Lipinski definition) is 1. The van der Waals surface area contributed by atoms with Gasteiger partial charge in [-0.3, -0.25) is 4.99 Å². The summed E-state index contributed by atoms with van der Waals surface area (Å²) in [6.07, 6.45) is 8.76. The molecule has 11 heavy (non-hydrogen) atoms. The van der Waals surface area contributed by atoms with Crippen LogP contribution < -0.4 is 5.32 Å². The second-order valence-electron chi connectivity index (χ2n) is 2.82. The van der Waals surface area contributed by atoms with Gasteiger partial charge in [-0.05, 0) is 18.4 Å². The Kier molecular flexibility index (Phi) is 1.76. The predicted molar refractivity (Wildman–Crippen MR) is 46.8 cm³/mol. The van der Waals surface area contributed by atoms with Gasteiger partial charge in [0.15, 0.2) is 0 Å². The number of nitrogens with zero attached hydrogens (tertiary/aromatic N) is 1. The lowest BCUT2D eigenvalue weighted by molar-refractivity contribution is 0.945. The van der Waals surface area contributed by atoms with E-state index in [1.54, 1.807) is 0 Å². The molecular weight excluding hydrogens is 136 g/mol. The molecule has 0 fully saturated rings. The minimum absolute atomic E-state index is 0.941. The van der Waals surface area contributed by atoms with Gasteiger partial charge in [-0.15, -0.1) is 0 Å². The highest BCUT2D eigenvalue weighted by molar-refractivity contribution is 5.99. The lowest BCUT2D eigenvalue weighted by Crippen LogP contribution is -2.20. The molecule has 1 N–H and O–H groups in total. The number of nitrogens with one attached hydrogen (secondary N) is 1. The molecule has 0 saturated carbocycles. The number of hydrogen-bond acceptors (Lipinski definition) is 2. The second kappa shape index (κ2) is 2.91. The highest BCUT2D eigenvalue weighted by Crippen LogP contribution is 2.13. The third-order valence-corrected chi connectivity index (χ3v) is 1.99. The van der Waals surface area contributed by atoms with Crippen molar-refractivity contribution in [1.29, 1.82) is 0 Å². The lowest BCUT2D eigenvalue weighted by Gasteiger charge is -2.08. The first-order valence-electron chi connectivity index (χ1n) is 4.11. The summed E-state index contributed by atoms with van der Waals surface area (Å²) in [5.74, 6) is 1.12. The molecule has 2 aliphatic rings. The first-order chi connectivity index (χ1) is 5.47. The smallest absolute Gasteiger partial charge is 0.124 e. The van der Waals surface area contributed by atoms with E-state index in [0.717, 1.165) is 31.8 Å². The topological polar surface area (TPSA) is 24.4 Å². The van der Waals surface area contributed by atoms with E-state index in [0.29, 0.717) is 0 Å². The number of rotatable bonds is 1. The van der Waals surface area contributed by atoms with Gasteiger partial charge in [0, 0.05) is 6.54 Å². The van der Waals surface area contributed by atoms with E-state index in [1.165, 1.54) is 5.57 Å². The Morgan fingerprint density at radius 2 is 2.45 bits per heavy atom. The molecule has 0 atom stereocenters. The zero-order chi connectivity index (χ0) is 7.52. The van der Waals surface area contributed by atoms with Gasteiger partial charge in [0.25, 0.3) is 0 Å². The summed E-state index contributed by atoms with van der Waals surface area (Å²) in [5.41, 5.74) is 1.37. The standard InChI is InChI=1S/C9H12N2/c1-2-4-8(5-3-1)9-10-6-7-11-9/h1-2,4H,3,5-7H2,(H,10,11). The molecule has 2 rings (SSSR count). The summed E-state index contributed by atoms with van der Waals surface area (Å²) in [5, 5.41) is 3.27. The van der Waals surface area contributed by atoms with Crippen LogP contribution in [-0.4, -0.2) is 18.9 Å². The Morgan fingerprint density at radius 3 is 3.09 bits per heavy atom. The van der Waals surface area contributed by atoms with Crippen LogP contribution >= 0.6 is 0 Å². The highest BCUT2D eigenvalue weighted by atomic mass is 15.1. The Labute approximate surface area is 66.7 Å². The fourth-order valence-electron chi connectivity index (χ4n) is 1.41. The molecular formula is C9H12N2. The molecule has 0 radical (unpaired) electrons. The zero-order valence-electron chi connectivity index (χ0n) is 6.51. The summed E-state index contributed by atoms with van der Waals surface area (Å²) in [6, 6.07) is 0. The molecule has 0 aromatic carbocycles. The van der Waals surface area contributed by atoms with Crippen LogP contribution in [0.4, 0.5) is 0 Å². The maximum atomic E-state index is 4.36. The Balaban J connectivity index is 2.14. The summed E-state index contributed by atoms with van der Waals surface area (Å²) < 4.78 is 0. The molecule has 2 nitrogen and oxygen atoms in total. The van der Waals surface area contributed by atoms with Gasteiger partial charge < -0.3 is 5.32 Å². The SMILES string of the molecule is C1=CCCC(C2=NCCN2)=C1. The van der Waals surface area contributed by atoms with Crippen molar-refractivity contribution >= 4 is 5.84 Å². The van der Waals surface area contributed by atoms with Crippen LogP contribution in [0.3, 0.4) is 0 Å². The van der Waals surface area contributed by atoms with E-state index in [4.69, 9.17) is 0 Å². The summed E-state index contributed by atoms with van der Waals surface area (Å²) in [6.45, 7) is 1.95. The van der Waals surface area contributed by atoms with Crippen molar-refractivity contribution in [2.45, 2.75) is 12.8 Å². The Hall–Kier alpha value is -1.05. The van der Waals surface area contributed by atoms with Crippen LogP contribution in [0.1, 0.15) is 12.8 Å². The average Bonchev–Trinajstić information content (AvgIpc) is 2.58. The summed E-state index contributed by atoms with van der Waals surface area (Å²) in [7, 11) is 0. The van der Waals surface area contributed by atoms with Crippen LogP contribution in [0, 0.1) is 0 Å². The fourth-order valence-corrected chi connectivity index (χ4v) is 1.41. The van der Waals surface area contributed by atoms with E-state index in [9.17, 15) is 0 Å². The van der Waals surface area contributed by atoms with Crippen molar-refractivity contribution in [2.75, 3.05) is 13.1 Å². The van der Waals surface area contributed by atoms with Gasteiger partial charge in [0.05, 0.1) is 6.54 Å². The third kappa shape index (κ3) is 1.34. The van der Waals surface area contributed by atoms with Crippen molar-refractivity contribution in [2.24, 2.45) is 4.99 Å². The van der Waals surface area contributed by atoms with Gasteiger partial charge in [-0.2, -0.15) is 0 Å². The normalized spacial score (nSPS) is 22.5. The highest BCUT2D eigenvalue weighted by Gasteiger charge is 2.10. The first kappa shape index (κ1) is 6.65. The number of amidine groups is 1. The fraction of sp³-hybridized carbons (Fsp3) is 0.444. The van der Waals surface area contributed by atoms with Gasteiger partial charge in [0.1, 0.15) is 5.84 Å². The van der Waals surface area contributed by atoms with E-state index < -0.39 is 0 Å². The van der Waals surface area contributed by atoms with Crippen LogP contribution in [0.5, 0.6) is 0 Å². The zero-order valence-corrected chi connectivity index (χ0v) is 6.51. The van der Waals surface area contributed by atoms with Crippen molar-refractivity contribution in [1.82, 2.24) is 5.32 Å². The maximum Gasteiger partial charge on any atom is 0.124 e. The van der Waals surface area contributed by atoms with Gasteiger partial charge in [0.2, 0.25) is 0 Å². The van der Waals surface area contributed by atoms with Crippen molar-refractivity contribution in [3.8, 4) is 0 Å². The minimum atomic E-state index is 0.941. The number of aliphatic imine (C=N–C) groups is 1. The van der Waals surface area contributed by atoms with E-state index in [2.05, 4.69) is 28.5 Å². The summed E-state index contributed by atoms with van der Waals surface area (Å²) >= 11 is 0. The molecule has 1 aliphatic carbocycles. The second-order valence-corrected chi connectivity index (χ2v) is 2.82. The predicted octanol–water partition coefficient (Wildman–Crippen LogP) is 1.26. The molecule has 58 valence electrons.